The van der Waals surface area contributed by atoms with Crippen molar-refractivity contribution in [1.29, 1.82) is 5.26 Å². The number of likely N-dealkylation sites (N-methyl/N-ethyl adjacent to an activating group) is 1. The molecule has 7 nitrogen and oxygen atoms in total. The van der Waals surface area contributed by atoms with Crippen LogP contribution in [-0.2, 0) is 0 Å². The van der Waals surface area contributed by atoms with Crippen LogP contribution in [0.2, 0.25) is 0 Å². The fraction of sp³-hybridized carbons (Fsp3) is 0.400. The molecule has 2 aromatic heterocycles. The summed E-state index contributed by atoms with van der Waals surface area (Å²) in [4.78, 5) is 21.5. The lowest BCUT2D eigenvalue weighted by Crippen LogP contribution is -2.59. The van der Waals surface area contributed by atoms with Crippen molar-refractivity contribution in [2.45, 2.75) is 18.1 Å². The minimum absolute atomic E-state index is 0.326. The van der Waals surface area contributed by atoms with Crippen molar-refractivity contribution in [1.82, 2.24) is 19.9 Å². The van der Waals surface area contributed by atoms with E-state index in [2.05, 4.69) is 35.8 Å². The summed E-state index contributed by atoms with van der Waals surface area (Å²) in [6.07, 6.45) is 5.13. The van der Waals surface area contributed by atoms with E-state index in [9.17, 15) is 0 Å². The quantitative estimate of drug-likeness (QED) is 0.617. The standard InChI is InChI=1S/C15H17N7S/c1-10-6-13(20-15(19-10)23-3)21(2)11-8-22(9-11)14-12(7-16)17-4-5-18-14/h4-6,11H,8-9H2,1-3H3. The first-order chi connectivity index (χ1) is 11.1. The van der Waals surface area contributed by atoms with Crippen LogP contribution >= 0.6 is 11.8 Å². The molecule has 118 valence electrons. The minimum Gasteiger partial charge on any atom is -0.353 e. The Hall–Kier alpha value is -2.40. The molecule has 0 radical (unpaired) electrons. The van der Waals surface area contributed by atoms with E-state index < -0.39 is 0 Å². The summed E-state index contributed by atoms with van der Waals surface area (Å²) in [5.74, 6) is 1.58. The van der Waals surface area contributed by atoms with Crippen molar-refractivity contribution in [3.63, 3.8) is 0 Å². The first-order valence-electron chi connectivity index (χ1n) is 7.21. The van der Waals surface area contributed by atoms with Gasteiger partial charge in [0, 0.05) is 44.3 Å². The molecule has 3 heterocycles. The summed E-state index contributed by atoms with van der Waals surface area (Å²) < 4.78 is 0. The predicted octanol–water partition coefficient (Wildman–Crippen LogP) is 1.49. The summed E-state index contributed by atoms with van der Waals surface area (Å²) in [7, 11) is 2.04. The Labute approximate surface area is 139 Å². The van der Waals surface area contributed by atoms with Gasteiger partial charge in [0.1, 0.15) is 11.9 Å². The molecule has 0 aliphatic carbocycles. The molecule has 0 amide bonds. The third-order valence-electron chi connectivity index (χ3n) is 3.86. The van der Waals surface area contributed by atoms with Gasteiger partial charge in [0.25, 0.3) is 0 Å². The highest BCUT2D eigenvalue weighted by Gasteiger charge is 2.33. The lowest BCUT2D eigenvalue weighted by Gasteiger charge is -2.45. The summed E-state index contributed by atoms with van der Waals surface area (Å²) in [5.41, 5.74) is 1.33. The van der Waals surface area contributed by atoms with Gasteiger partial charge >= 0.3 is 0 Å². The van der Waals surface area contributed by atoms with E-state index in [0.29, 0.717) is 17.6 Å². The molecule has 1 fully saturated rings. The number of hydrogen-bond acceptors (Lipinski definition) is 8. The van der Waals surface area contributed by atoms with Crippen LogP contribution in [0.5, 0.6) is 0 Å². The van der Waals surface area contributed by atoms with Crippen LogP contribution < -0.4 is 9.80 Å². The van der Waals surface area contributed by atoms with Crippen LogP contribution in [0, 0.1) is 18.3 Å². The van der Waals surface area contributed by atoms with Crippen LogP contribution in [-0.4, -0.2) is 52.4 Å². The molecule has 1 aliphatic heterocycles. The largest absolute Gasteiger partial charge is 0.353 e. The fourth-order valence-electron chi connectivity index (χ4n) is 2.50. The highest BCUT2D eigenvalue weighted by molar-refractivity contribution is 7.98. The zero-order valence-corrected chi connectivity index (χ0v) is 14.1. The fourth-order valence-corrected chi connectivity index (χ4v) is 2.92. The first-order valence-corrected chi connectivity index (χ1v) is 8.43. The zero-order chi connectivity index (χ0) is 16.4. The number of aryl methyl sites for hydroxylation is 1. The van der Waals surface area contributed by atoms with Gasteiger partial charge in [-0.25, -0.2) is 19.9 Å². The molecule has 0 unspecified atom stereocenters. The lowest BCUT2D eigenvalue weighted by molar-refractivity contribution is 0.487. The maximum atomic E-state index is 9.12. The first kappa shape index (κ1) is 15.5. The molecule has 0 spiro atoms. The second-order valence-corrected chi connectivity index (χ2v) is 6.14. The second kappa shape index (κ2) is 6.38. The summed E-state index contributed by atoms with van der Waals surface area (Å²) in [5, 5.41) is 9.90. The molecule has 0 bridgehead atoms. The number of rotatable bonds is 4. The maximum Gasteiger partial charge on any atom is 0.189 e. The van der Waals surface area contributed by atoms with Crippen LogP contribution in [0.15, 0.2) is 23.6 Å². The molecular formula is C15H17N7S. The van der Waals surface area contributed by atoms with Gasteiger partial charge in [-0.3, -0.25) is 0 Å². The van der Waals surface area contributed by atoms with E-state index >= 15 is 0 Å². The topological polar surface area (TPSA) is 81.8 Å². The van der Waals surface area contributed by atoms with Crippen LogP contribution in [0.1, 0.15) is 11.4 Å². The van der Waals surface area contributed by atoms with E-state index in [-0.39, 0.29) is 0 Å². The summed E-state index contributed by atoms with van der Waals surface area (Å²) in [6, 6.07) is 4.41. The van der Waals surface area contributed by atoms with Crippen molar-refractivity contribution in [3.8, 4) is 6.07 Å². The van der Waals surface area contributed by atoms with Gasteiger partial charge in [0.15, 0.2) is 16.7 Å². The highest BCUT2D eigenvalue weighted by Crippen LogP contribution is 2.26. The average molecular weight is 327 g/mol. The summed E-state index contributed by atoms with van der Waals surface area (Å²) >= 11 is 1.54. The Bertz CT molecular complexity index is 752. The lowest BCUT2D eigenvalue weighted by atomic mass is 10.1. The van der Waals surface area contributed by atoms with Gasteiger partial charge in [-0.05, 0) is 13.2 Å². The Balaban J connectivity index is 1.72. The van der Waals surface area contributed by atoms with Gasteiger partial charge in [-0.1, -0.05) is 11.8 Å². The minimum atomic E-state index is 0.326. The Morgan fingerprint density at radius 2 is 2.04 bits per heavy atom. The average Bonchev–Trinajstić information content (AvgIpc) is 2.53. The maximum absolute atomic E-state index is 9.12. The molecule has 8 heteroatoms. The normalized spacial score (nSPS) is 14.3. The highest BCUT2D eigenvalue weighted by atomic mass is 32.2. The van der Waals surface area contributed by atoms with Crippen molar-refractivity contribution in [2.24, 2.45) is 0 Å². The second-order valence-electron chi connectivity index (χ2n) is 5.36. The third kappa shape index (κ3) is 3.05. The third-order valence-corrected chi connectivity index (χ3v) is 4.41. The van der Waals surface area contributed by atoms with E-state index in [1.165, 1.54) is 0 Å². The zero-order valence-electron chi connectivity index (χ0n) is 13.3. The summed E-state index contributed by atoms with van der Waals surface area (Å²) in [6.45, 7) is 3.56. The van der Waals surface area contributed by atoms with Gasteiger partial charge in [-0.2, -0.15) is 5.26 Å². The van der Waals surface area contributed by atoms with Crippen molar-refractivity contribution in [3.05, 3.63) is 29.8 Å². The molecule has 1 saturated heterocycles. The van der Waals surface area contributed by atoms with Crippen LogP contribution in [0.3, 0.4) is 0 Å². The molecule has 1 aliphatic rings. The Morgan fingerprint density at radius 1 is 1.30 bits per heavy atom. The van der Waals surface area contributed by atoms with Gasteiger partial charge in [0.05, 0.1) is 6.04 Å². The number of anilines is 2. The van der Waals surface area contributed by atoms with Gasteiger partial charge in [0.2, 0.25) is 0 Å². The van der Waals surface area contributed by atoms with Crippen molar-refractivity contribution in [2.75, 3.05) is 36.2 Å². The Morgan fingerprint density at radius 3 is 2.74 bits per heavy atom. The van der Waals surface area contributed by atoms with Crippen LogP contribution in [0.4, 0.5) is 11.6 Å². The van der Waals surface area contributed by atoms with Gasteiger partial charge in [-0.15, -0.1) is 0 Å². The van der Waals surface area contributed by atoms with E-state index in [4.69, 9.17) is 5.26 Å². The van der Waals surface area contributed by atoms with Crippen molar-refractivity contribution >= 4 is 23.4 Å². The number of nitrogens with zero attached hydrogens (tertiary/aromatic N) is 7. The number of thioether (sulfide) groups is 1. The molecule has 23 heavy (non-hydrogen) atoms. The molecule has 0 aromatic carbocycles. The van der Waals surface area contributed by atoms with E-state index in [1.807, 2.05) is 26.3 Å². The molecule has 2 aromatic rings. The van der Waals surface area contributed by atoms with E-state index in [1.54, 1.807) is 24.2 Å². The number of hydrogen-bond donors (Lipinski definition) is 0. The SMILES string of the molecule is CSc1nc(C)cc(N(C)C2CN(c3nccnc3C#N)C2)n1. The molecule has 0 N–H and O–H groups in total. The van der Waals surface area contributed by atoms with Crippen molar-refractivity contribution < 1.29 is 0 Å². The van der Waals surface area contributed by atoms with E-state index in [0.717, 1.165) is 29.8 Å². The number of nitriles is 1. The molecule has 0 atom stereocenters. The predicted molar refractivity (Wildman–Crippen MR) is 89.7 cm³/mol. The molecule has 0 saturated carbocycles. The van der Waals surface area contributed by atoms with Gasteiger partial charge < -0.3 is 9.80 Å². The number of aromatic nitrogens is 4. The Kier molecular flexibility index (Phi) is 4.30. The smallest absolute Gasteiger partial charge is 0.189 e. The molecule has 3 rings (SSSR count). The monoisotopic (exact) mass is 327 g/mol. The van der Waals surface area contributed by atoms with Crippen LogP contribution in [0.25, 0.3) is 0 Å². The molecular weight excluding hydrogens is 310 g/mol.